The van der Waals surface area contributed by atoms with Gasteiger partial charge in [0.2, 0.25) is 11.8 Å². The molecule has 0 saturated heterocycles. The van der Waals surface area contributed by atoms with Crippen molar-refractivity contribution >= 4 is 11.8 Å². The van der Waals surface area contributed by atoms with E-state index in [2.05, 4.69) is 10.6 Å². The summed E-state index contributed by atoms with van der Waals surface area (Å²) in [7, 11) is 0. The first-order chi connectivity index (χ1) is 7.61. The van der Waals surface area contributed by atoms with Gasteiger partial charge in [0.05, 0.1) is 12.6 Å². The number of carbonyl (C=O) groups excluding carboxylic acids is 2. The quantitative estimate of drug-likeness (QED) is 0.554. The van der Waals surface area contributed by atoms with Crippen LogP contribution in [0.25, 0.3) is 0 Å². The van der Waals surface area contributed by atoms with Crippen LogP contribution in [-0.2, 0) is 9.59 Å². The van der Waals surface area contributed by atoms with Gasteiger partial charge in [0.1, 0.15) is 0 Å². The summed E-state index contributed by atoms with van der Waals surface area (Å²) in [5.74, 6) is -0.419. The maximum absolute atomic E-state index is 11.4. The monoisotopic (exact) mass is 229 g/mol. The van der Waals surface area contributed by atoms with Crippen molar-refractivity contribution in [1.82, 2.24) is 10.6 Å². The van der Waals surface area contributed by atoms with E-state index >= 15 is 0 Å². The Kier molecular flexibility index (Phi) is 8.52. The Hall–Kier alpha value is -1.10. The Morgan fingerprint density at radius 2 is 1.88 bits per heavy atom. The zero-order chi connectivity index (χ0) is 12.4. The van der Waals surface area contributed by atoms with Crippen LogP contribution >= 0.6 is 0 Å². The summed E-state index contributed by atoms with van der Waals surface area (Å²) in [6.07, 6.45) is 3.49. The molecule has 0 rings (SSSR count). The number of amides is 2. The summed E-state index contributed by atoms with van der Waals surface area (Å²) in [5.41, 5.74) is 5.65. The summed E-state index contributed by atoms with van der Waals surface area (Å²) < 4.78 is 0. The van der Waals surface area contributed by atoms with Gasteiger partial charge < -0.3 is 16.4 Å². The largest absolute Gasteiger partial charge is 0.355 e. The fraction of sp³-hybridized carbons (Fsp3) is 0.818. The summed E-state index contributed by atoms with van der Waals surface area (Å²) >= 11 is 0. The molecule has 4 N–H and O–H groups in total. The van der Waals surface area contributed by atoms with E-state index in [1.54, 1.807) is 0 Å². The Morgan fingerprint density at radius 1 is 1.19 bits per heavy atom. The highest BCUT2D eigenvalue weighted by molar-refractivity contribution is 5.87. The molecule has 0 aliphatic heterocycles. The summed E-state index contributed by atoms with van der Waals surface area (Å²) in [6, 6.07) is -0.501. The minimum Gasteiger partial charge on any atom is -0.355 e. The van der Waals surface area contributed by atoms with E-state index in [-0.39, 0.29) is 18.4 Å². The van der Waals surface area contributed by atoms with Gasteiger partial charge in [0, 0.05) is 6.54 Å². The standard InChI is InChI=1S/C11H23N3O2/c1-3-5-6-9(12)11(16)14-8-10(15)13-7-4-2/h9H,3-8,12H2,1-2H3,(H,13,15)(H,14,16)/t9-/m0/s1. The first kappa shape index (κ1) is 14.9. The highest BCUT2D eigenvalue weighted by atomic mass is 16.2. The molecule has 0 unspecified atom stereocenters. The fourth-order valence-corrected chi connectivity index (χ4v) is 1.18. The summed E-state index contributed by atoms with van der Waals surface area (Å²) in [4.78, 5) is 22.6. The zero-order valence-corrected chi connectivity index (χ0v) is 10.2. The first-order valence-electron chi connectivity index (χ1n) is 5.91. The van der Waals surface area contributed by atoms with Crippen LogP contribution in [0.15, 0.2) is 0 Å². The van der Waals surface area contributed by atoms with Crippen molar-refractivity contribution in [3.63, 3.8) is 0 Å². The molecule has 0 heterocycles. The van der Waals surface area contributed by atoms with Gasteiger partial charge in [0.25, 0.3) is 0 Å². The average molecular weight is 229 g/mol. The number of hydrogen-bond donors (Lipinski definition) is 3. The van der Waals surface area contributed by atoms with Crippen molar-refractivity contribution in [2.45, 2.75) is 45.6 Å². The molecular weight excluding hydrogens is 206 g/mol. The number of carbonyl (C=O) groups is 2. The van der Waals surface area contributed by atoms with Crippen LogP contribution in [0.3, 0.4) is 0 Å². The van der Waals surface area contributed by atoms with Crippen molar-refractivity contribution in [3.8, 4) is 0 Å². The van der Waals surface area contributed by atoms with Crippen molar-refractivity contribution in [2.75, 3.05) is 13.1 Å². The minimum atomic E-state index is -0.501. The highest BCUT2D eigenvalue weighted by Crippen LogP contribution is 1.97. The molecule has 5 heteroatoms. The van der Waals surface area contributed by atoms with Crippen LogP contribution in [-0.4, -0.2) is 30.9 Å². The van der Waals surface area contributed by atoms with E-state index in [1.165, 1.54) is 0 Å². The molecule has 0 aliphatic rings. The highest BCUT2D eigenvalue weighted by Gasteiger charge is 2.13. The van der Waals surface area contributed by atoms with E-state index in [9.17, 15) is 9.59 Å². The zero-order valence-electron chi connectivity index (χ0n) is 10.2. The van der Waals surface area contributed by atoms with Crippen molar-refractivity contribution in [1.29, 1.82) is 0 Å². The van der Waals surface area contributed by atoms with Gasteiger partial charge in [-0.3, -0.25) is 9.59 Å². The van der Waals surface area contributed by atoms with Crippen LogP contribution < -0.4 is 16.4 Å². The third-order valence-electron chi connectivity index (χ3n) is 2.20. The molecule has 0 aromatic rings. The first-order valence-corrected chi connectivity index (χ1v) is 5.91. The van der Waals surface area contributed by atoms with E-state index in [0.717, 1.165) is 19.3 Å². The number of unbranched alkanes of at least 4 members (excludes halogenated alkanes) is 1. The van der Waals surface area contributed by atoms with Crippen LogP contribution in [0.2, 0.25) is 0 Å². The van der Waals surface area contributed by atoms with E-state index in [1.807, 2.05) is 13.8 Å². The van der Waals surface area contributed by atoms with E-state index in [4.69, 9.17) is 5.73 Å². The maximum Gasteiger partial charge on any atom is 0.239 e. The van der Waals surface area contributed by atoms with Gasteiger partial charge in [0.15, 0.2) is 0 Å². The number of rotatable bonds is 8. The molecule has 0 aliphatic carbocycles. The predicted molar refractivity (Wildman–Crippen MR) is 63.8 cm³/mol. The molecule has 0 aromatic heterocycles. The molecule has 0 aromatic carbocycles. The summed E-state index contributed by atoms with van der Waals surface area (Å²) in [5, 5.41) is 5.20. The van der Waals surface area contributed by atoms with Gasteiger partial charge >= 0.3 is 0 Å². The average Bonchev–Trinajstić information content (AvgIpc) is 2.30. The van der Waals surface area contributed by atoms with Gasteiger partial charge in [-0.25, -0.2) is 0 Å². The Balaban J connectivity index is 3.66. The summed E-state index contributed by atoms with van der Waals surface area (Å²) in [6.45, 7) is 4.66. The van der Waals surface area contributed by atoms with Crippen molar-refractivity contribution in [2.24, 2.45) is 5.73 Å². The second-order valence-electron chi connectivity index (χ2n) is 3.82. The van der Waals surface area contributed by atoms with Crippen molar-refractivity contribution in [3.05, 3.63) is 0 Å². The second-order valence-corrected chi connectivity index (χ2v) is 3.82. The lowest BCUT2D eigenvalue weighted by atomic mass is 10.1. The number of nitrogens with one attached hydrogen (secondary N) is 2. The topological polar surface area (TPSA) is 84.2 Å². The third-order valence-corrected chi connectivity index (χ3v) is 2.20. The van der Waals surface area contributed by atoms with Crippen LogP contribution in [0.5, 0.6) is 0 Å². The Morgan fingerprint density at radius 3 is 2.44 bits per heavy atom. The van der Waals surface area contributed by atoms with Crippen LogP contribution in [0, 0.1) is 0 Å². The molecule has 94 valence electrons. The van der Waals surface area contributed by atoms with Crippen molar-refractivity contribution < 1.29 is 9.59 Å². The second kappa shape index (κ2) is 9.15. The van der Waals surface area contributed by atoms with Gasteiger partial charge in [-0.15, -0.1) is 0 Å². The molecule has 5 nitrogen and oxygen atoms in total. The van der Waals surface area contributed by atoms with Crippen LogP contribution in [0.4, 0.5) is 0 Å². The number of nitrogens with two attached hydrogens (primary N) is 1. The molecule has 1 atom stereocenters. The molecule has 0 radical (unpaired) electrons. The maximum atomic E-state index is 11.4. The SMILES string of the molecule is CCCC[C@H](N)C(=O)NCC(=O)NCCC. The molecule has 0 fully saturated rings. The van der Waals surface area contributed by atoms with Crippen LogP contribution in [0.1, 0.15) is 39.5 Å². The fourth-order valence-electron chi connectivity index (χ4n) is 1.18. The molecule has 0 bridgehead atoms. The molecule has 16 heavy (non-hydrogen) atoms. The number of hydrogen-bond acceptors (Lipinski definition) is 3. The van der Waals surface area contributed by atoms with Gasteiger partial charge in [-0.05, 0) is 12.8 Å². The molecule has 0 spiro atoms. The van der Waals surface area contributed by atoms with E-state index < -0.39 is 6.04 Å². The molecular formula is C11H23N3O2. The molecule has 0 saturated carbocycles. The van der Waals surface area contributed by atoms with Gasteiger partial charge in [-0.1, -0.05) is 26.7 Å². The third kappa shape index (κ3) is 7.23. The Labute approximate surface area is 97.2 Å². The minimum absolute atomic E-state index is 0.0126. The normalized spacial score (nSPS) is 11.9. The lowest BCUT2D eigenvalue weighted by Gasteiger charge is -2.11. The Bertz CT molecular complexity index is 219. The smallest absolute Gasteiger partial charge is 0.239 e. The van der Waals surface area contributed by atoms with Gasteiger partial charge in [-0.2, -0.15) is 0 Å². The lowest BCUT2D eigenvalue weighted by molar-refractivity contribution is -0.126. The van der Waals surface area contributed by atoms with E-state index in [0.29, 0.717) is 13.0 Å². The lowest BCUT2D eigenvalue weighted by Crippen LogP contribution is -2.44. The predicted octanol–water partition coefficient (Wildman–Crippen LogP) is 0.146. The molecule has 2 amide bonds.